The highest BCUT2D eigenvalue weighted by molar-refractivity contribution is 7.10. The number of benzene rings is 1. The van der Waals surface area contributed by atoms with Gasteiger partial charge in [-0.1, -0.05) is 23.7 Å². The van der Waals surface area contributed by atoms with Gasteiger partial charge >= 0.3 is 0 Å². The van der Waals surface area contributed by atoms with Crippen LogP contribution in [0.4, 0.5) is 0 Å². The molecule has 1 aromatic carbocycles. The molecule has 2 rings (SSSR count). The van der Waals surface area contributed by atoms with E-state index in [2.05, 4.69) is 6.07 Å². The van der Waals surface area contributed by atoms with Crippen LogP contribution in [0.15, 0.2) is 35.7 Å². The molecule has 1 atom stereocenters. The zero-order valence-corrected chi connectivity index (χ0v) is 10.5. The second kappa shape index (κ2) is 4.56. The van der Waals surface area contributed by atoms with Crippen LogP contribution in [0, 0.1) is 6.92 Å². The van der Waals surface area contributed by atoms with Crippen molar-refractivity contribution < 1.29 is 0 Å². The average Bonchev–Trinajstić information content (AvgIpc) is 2.67. The molecule has 0 fully saturated rings. The van der Waals surface area contributed by atoms with Gasteiger partial charge in [-0.05, 0) is 41.6 Å². The summed E-state index contributed by atoms with van der Waals surface area (Å²) >= 11 is 14.0. The molecular weight excluding hydrogens is 247 g/mol. The van der Waals surface area contributed by atoms with Gasteiger partial charge in [0.05, 0.1) is 5.38 Å². The summed E-state index contributed by atoms with van der Waals surface area (Å²) in [4.78, 5) is 1.15. The molecule has 0 saturated heterocycles. The highest BCUT2D eigenvalue weighted by atomic mass is 35.5. The van der Waals surface area contributed by atoms with E-state index in [1.54, 1.807) is 11.3 Å². The van der Waals surface area contributed by atoms with Crippen molar-refractivity contribution in [2.45, 2.75) is 12.3 Å². The lowest BCUT2D eigenvalue weighted by Gasteiger charge is -2.09. The zero-order valence-electron chi connectivity index (χ0n) is 8.21. The monoisotopic (exact) mass is 256 g/mol. The Morgan fingerprint density at radius 2 is 2.07 bits per heavy atom. The van der Waals surface area contributed by atoms with Crippen LogP contribution in [0.5, 0.6) is 0 Å². The second-order valence-electron chi connectivity index (χ2n) is 3.44. The van der Waals surface area contributed by atoms with Crippen molar-refractivity contribution in [3.8, 4) is 0 Å². The first-order chi connectivity index (χ1) is 7.16. The summed E-state index contributed by atoms with van der Waals surface area (Å²) < 4.78 is 0. The molecule has 0 nitrogen and oxygen atoms in total. The third kappa shape index (κ3) is 2.54. The number of aryl methyl sites for hydroxylation is 1. The Hall–Kier alpha value is -0.500. The van der Waals surface area contributed by atoms with Gasteiger partial charge in [-0.2, -0.15) is 0 Å². The molecule has 0 N–H and O–H groups in total. The maximum Gasteiger partial charge on any atom is 0.0928 e. The lowest BCUT2D eigenvalue weighted by atomic mass is 10.1. The number of alkyl halides is 1. The Bertz CT molecular complexity index is 428. The summed E-state index contributed by atoms with van der Waals surface area (Å²) in [5, 5.41) is 2.68. The third-order valence-corrected chi connectivity index (χ3v) is 3.92. The van der Waals surface area contributed by atoms with Gasteiger partial charge in [0.15, 0.2) is 0 Å². The Morgan fingerprint density at radius 1 is 1.27 bits per heavy atom. The summed E-state index contributed by atoms with van der Waals surface area (Å²) in [6.07, 6.45) is 0. The SMILES string of the molecule is Cc1cc(Cl)cc(C(Cl)c2cccs2)c1. The van der Waals surface area contributed by atoms with E-state index in [9.17, 15) is 0 Å². The standard InChI is InChI=1S/C12H10Cl2S/c1-8-5-9(7-10(13)6-8)12(14)11-3-2-4-15-11/h2-7,12H,1H3. The first-order valence-corrected chi connectivity index (χ1v) is 6.31. The van der Waals surface area contributed by atoms with Gasteiger partial charge in [0, 0.05) is 9.90 Å². The van der Waals surface area contributed by atoms with Crippen molar-refractivity contribution in [1.29, 1.82) is 0 Å². The van der Waals surface area contributed by atoms with Crippen molar-refractivity contribution in [1.82, 2.24) is 0 Å². The molecule has 0 aliphatic rings. The Balaban J connectivity index is 2.37. The lowest BCUT2D eigenvalue weighted by Crippen LogP contribution is -1.91. The highest BCUT2D eigenvalue weighted by Crippen LogP contribution is 2.33. The highest BCUT2D eigenvalue weighted by Gasteiger charge is 2.12. The fourth-order valence-corrected chi connectivity index (χ4v) is 2.89. The summed E-state index contributed by atoms with van der Waals surface area (Å²) in [5.41, 5.74) is 2.20. The minimum absolute atomic E-state index is 0.0950. The predicted molar refractivity (Wildman–Crippen MR) is 68.2 cm³/mol. The van der Waals surface area contributed by atoms with E-state index < -0.39 is 0 Å². The van der Waals surface area contributed by atoms with Crippen LogP contribution in [0.2, 0.25) is 5.02 Å². The van der Waals surface area contributed by atoms with Crippen LogP contribution in [0.1, 0.15) is 21.4 Å². The lowest BCUT2D eigenvalue weighted by molar-refractivity contribution is 1.17. The van der Waals surface area contributed by atoms with Gasteiger partial charge in [-0.15, -0.1) is 22.9 Å². The van der Waals surface area contributed by atoms with E-state index in [0.29, 0.717) is 0 Å². The molecule has 0 amide bonds. The van der Waals surface area contributed by atoms with E-state index in [4.69, 9.17) is 23.2 Å². The molecule has 0 saturated carbocycles. The molecule has 0 spiro atoms. The van der Waals surface area contributed by atoms with Gasteiger partial charge in [0.1, 0.15) is 0 Å². The topological polar surface area (TPSA) is 0 Å². The van der Waals surface area contributed by atoms with Crippen molar-refractivity contribution >= 4 is 34.5 Å². The van der Waals surface area contributed by atoms with Gasteiger partial charge < -0.3 is 0 Å². The number of thiophene rings is 1. The molecule has 2 aromatic rings. The van der Waals surface area contributed by atoms with E-state index in [0.717, 1.165) is 21.0 Å². The summed E-state index contributed by atoms with van der Waals surface area (Å²) in [6, 6.07) is 9.98. The predicted octanol–water partition coefficient (Wildman–Crippen LogP) is 5.04. The minimum atomic E-state index is -0.0950. The largest absolute Gasteiger partial charge is 0.147 e. The van der Waals surface area contributed by atoms with Crippen molar-refractivity contribution in [3.63, 3.8) is 0 Å². The number of hydrogen-bond donors (Lipinski definition) is 0. The Morgan fingerprint density at radius 3 is 2.67 bits per heavy atom. The summed E-state index contributed by atoms with van der Waals surface area (Å²) in [6.45, 7) is 2.02. The van der Waals surface area contributed by atoms with E-state index in [1.165, 1.54) is 0 Å². The number of halogens is 2. The maximum atomic E-state index is 6.37. The minimum Gasteiger partial charge on any atom is -0.147 e. The molecule has 3 heteroatoms. The zero-order chi connectivity index (χ0) is 10.8. The number of rotatable bonds is 2. The van der Waals surface area contributed by atoms with Crippen LogP contribution >= 0.6 is 34.5 Å². The van der Waals surface area contributed by atoms with Gasteiger partial charge in [-0.3, -0.25) is 0 Å². The normalized spacial score (nSPS) is 12.7. The van der Waals surface area contributed by atoms with Gasteiger partial charge in [0.2, 0.25) is 0 Å². The van der Waals surface area contributed by atoms with Crippen LogP contribution in [0.3, 0.4) is 0 Å². The molecule has 15 heavy (non-hydrogen) atoms. The first-order valence-electron chi connectivity index (χ1n) is 4.61. The molecule has 0 radical (unpaired) electrons. The molecule has 78 valence electrons. The van der Waals surface area contributed by atoms with E-state index in [1.807, 2.05) is 36.6 Å². The molecule has 0 aliphatic heterocycles. The summed E-state index contributed by atoms with van der Waals surface area (Å²) in [5.74, 6) is 0. The maximum absolute atomic E-state index is 6.37. The van der Waals surface area contributed by atoms with E-state index in [-0.39, 0.29) is 5.38 Å². The quantitative estimate of drug-likeness (QED) is 0.661. The molecule has 1 unspecified atom stereocenters. The van der Waals surface area contributed by atoms with Gasteiger partial charge in [-0.25, -0.2) is 0 Å². The Kier molecular flexibility index (Phi) is 3.35. The molecule has 1 aromatic heterocycles. The van der Waals surface area contributed by atoms with Crippen LogP contribution < -0.4 is 0 Å². The molecule has 0 bridgehead atoms. The smallest absolute Gasteiger partial charge is 0.0928 e. The second-order valence-corrected chi connectivity index (χ2v) is 5.29. The van der Waals surface area contributed by atoms with Crippen molar-refractivity contribution in [3.05, 3.63) is 56.7 Å². The first kappa shape index (κ1) is 11.0. The van der Waals surface area contributed by atoms with E-state index >= 15 is 0 Å². The summed E-state index contributed by atoms with van der Waals surface area (Å²) in [7, 11) is 0. The van der Waals surface area contributed by atoms with Gasteiger partial charge in [0.25, 0.3) is 0 Å². The number of hydrogen-bond acceptors (Lipinski definition) is 1. The molecule has 0 aliphatic carbocycles. The van der Waals surface area contributed by atoms with Crippen LogP contribution in [-0.2, 0) is 0 Å². The Labute approximate surface area is 103 Å². The van der Waals surface area contributed by atoms with Crippen LogP contribution in [0.25, 0.3) is 0 Å². The van der Waals surface area contributed by atoms with Crippen molar-refractivity contribution in [2.24, 2.45) is 0 Å². The molecular formula is C12H10Cl2S. The van der Waals surface area contributed by atoms with Crippen LogP contribution in [-0.4, -0.2) is 0 Å². The molecule has 1 heterocycles. The van der Waals surface area contributed by atoms with Crippen molar-refractivity contribution in [2.75, 3.05) is 0 Å². The third-order valence-electron chi connectivity index (χ3n) is 2.15. The average molecular weight is 257 g/mol. The fraction of sp³-hybridized carbons (Fsp3) is 0.167. The fourth-order valence-electron chi connectivity index (χ4n) is 1.51.